The zero-order valence-corrected chi connectivity index (χ0v) is 15.3. The molecule has 0 aromatic heterocycles. The van der Waals surface area contributed by atoms with Crippen molar-refractivity contribution in [2.75, 3.05) is 19.8 Å². The summed E-state index contributed by atoms with van der Waals surface area (Å²) in [6.07, 6.45) is 2.85. The van der Waals surface area contributed by atoms with Crippen molar-refractivity contribution in [1.82, 2.24) is 4.90 Å². The lowest BCUT2D eigenvalue weighted by Crippen LogP contribution is -2.49. The SMILES string of the molecule is C[C@@H]1CCC[C@@H](C)N1C(=O)COC(=O)c1cc2c(cc1[N+](=O)[O-])OCCO2. The Morgan fingerprint density at radius 2 is 1.78 bits per heavy atom. The summed E-state index contributed by atoms with van der Waals surface area (Å²) in [5.74, 6) is -0.799. The third-order valence-corrected chi connectivity index (χ3v) is 4.89. The predicted octanol–water partition coefficient (Wildman–Crippen LogP) is 2.31. The molecule has 27 heavy (non-hydrogen) atoms. The van der Waals surface area contributed by atoms with Gasteiger partial charge in [-0.3, -0.25) is 14.9 Å². The summed E-state index contributed by atoms with van der Waals surface area (Å²) in [7, 11) is 0. The number of carbonyl (C=O) groups is 2. The lowest BCUT2D eigenvalue weighted by atomic mass is 9.97. The van der Waals surface area contributed by atoms with E-state index < -0.39 is 23.2 Å². The average Bonchev–Trinajstić information content (AvgIpc) is 2.64. The first-order valence-corrected chi connectivity index (χ1v) is 8.94. The fraction of sp³-hybridized carbons (Fsp3) is 0.556. The van der Waals surface area contributed by atoms with Crippen molar-refractivity contribution in [1.29, 1.82) is 0 Å². The molecule has 2 aliphatic heterocycles. The van der Waals surface area contributed by atoms with Crippen molar-refractivity contribution in [2.24, 2.45) is 0 Å². The zero-order valence-electron chi connectivity index (χ0n) is 15.3. The van der Waals surface area contributed by atoms with Crippen LogP contribution in [0.1, 0.15) is 43.5 Å². The molecule has 0 spiro atoms. The van der Waals surface area contributed by atoms with Crippen LogP contribution in [-0.2, 0) is 9.53 Å². The molecule has 1 aromatic rings. The molecule has 1 fully saturated rings. The van der Waals surface area contributed by atoms with E-state index in [1.165, 1.54) is 6.07 Å². The Labute approximate surface area is 156 Å². The molecule has 9 nitrogen and oxygen atoms in total. The number of esters is 1. The van der Waals surface area contributed by atoms with Gasteiger partial charge in [0, 0.05) is 18.2 Å². The summed E-state index contributed by atoms with van der Waals surface area (Å²) in [6.45, 7) is 4.01. The van der Waals surface area contributed by atoms with Crippen LogP contribution in [0, 0.1) is 10.1 Å². The highest BCUT2D eigenvalue weighted by molar-refractivity contribution is 5.96. The summed E-state index contributed by atoms with van der Waals surface area (Å²) in [5.41, 5.74) is -0.715. The highest BCUT2D eigenvalue weighted by Crippen LogP contribution is 2.36. The second-order valence-corrected chi connectivity index (χ2v) is 6.78. The van der Waals surface area contributed by atoms with Crippen molar-refractivity contribution < 1.29 is 28.7 Å². The summed E-state index contributed by atoms with van der Waals surface area (Å²) in [6, 6.07) is 2.51. The van der Waals surface area contributed by atoms with Gasteiger partial charge in [0.05, 0.1) is 11.0 Å². The van der Waals surface area contributed by atoms with Gasteiger partial charge in [-0.1, -0.05) is 0 Å². The quantitative estimate of drug-likeness (QED) is 0.449. The van der Waals surface area contributed by atoms with Crippen LogP contribution < -0.4 is 9.47 Å². The number of carbonyl (C=O) groups excluding carboxylic acids is 2. The maximum atomic E-state index is 12.5. The summed E-state index contributed by atoms with van der Waals surface area (Å²) in [4.78, 5) is 37.2. The van der Waals surface area contributed by atoms with Gasteiger partial charge in [-0.2, -0.15) is 0 Å². The number of nitro groups is 1. The highest BCUT2D eigenvalue weighted by Gasteiger charge is 2.31. The molecule has 3 rings (SSSR count). The molecular weight excluding hydrogens is 356 g/mol. The number of rotatable bonds is 4. The van der Waals surface area contributed by atoms with Crippen LogP contribution in [0.3, 0.4) is 0 Å². The first-order valence-electron chi connectivity index (χ1n) is 8.94. The van der Waals surface area contributed by atoms with Gasteiger partial charge < -0.3 is 19.1 Å². The molecule has 1 saturated heterocycles. The van der Waals surface area contributed by atoms with Crippen LogP contribution in [-0.4, -0.2) is 53.6 Å². The Kier molecular flexibility index (Phi) is 5.48. The van der Waals surface area contributed by atoms with Crippen molar-refractivity contribution >= 4 is 17.6 Å². The van der Waals surface area contributed by atoms with Gasteiger partial charge in [-0.25, -0.2) is 4.79 Å². The van der Waals surface area contributed by atoms with Gasteiger partial charge in [-0.15, -0.1) is 0 Å². The molecule has 1 amide bonds. The number of benzene rings is 1. The summed E-state index contributed by atoms with van der Waals surface area (Å²) < 4.78 is 15.8. The van der Waals surface area contributed by atoms with E-state index in [-0.39, 0.29) is 48.3 Å². The standard InChI is InChI=1S/C18H22N2O7/c1-11-4-3-5-12(2)19(11)17(21)10-27-18(22)13-8-15-16(26-7-6-25-15)9-14(13)20(23)24/h8-9,11-12H,3-7,10H2,1-2H3/t11-,12-/m1/s1. The molecule has 0 radical (unpaired) electrons. The van der Waals surface area contributed by atoms with E-state index in [0.717, 1.165) is 25.3 Å². The van der Waals surface area contributed by atoms with E-state index in [4.69, 9.17) is 14.2 Å². The van der Waals surface area contributed by atoms with Crippen LogP contribution >= 0.6 is 0 Å². The van der Waals surface area contributed by atoms with Gasteiger partial charge in [0.25, 0.3) is 11.6 Å². The Morgan fingerprint density at radius 1 is 1.19 bits per heavy atom. The predicted molar refractivity (Wildman–Crippen MR) is 94.0 cm³/mol. The van der Waals surface area contributed by atoms with Crippen LogP contribution in [0.2, 0.25) is 0 Å². The number of likely N-dealkylation sites (tertiary alicyclic amines) is 1. The first kappa shape index (κ1) is 18.9. The van der Waals surface area contributed by atoms with Gasteiger partial charge >= 0.3 is 5.97 Å². The summed E-state index contributed by atoms with van der Waals surface area (Å²) in [5, 5.41) is 11.3. The molecule has 1 aromatic carbocycles. The van der Waals surface area contributed by atoms with Crippen LogP contribution in [0.5, 0.6) is 11.5 Å². The molecule has 0 unspecified atom stereocenters. The lowest BCUT2D eigenvalue weighted by molar-refractivity contribution is -0.385. The minimum Gasteiger partial charge on any atom is -0.486 e. The third-order valence-electron chi connectivity index (χ3n) is 4.89. The van der Waals surface area contributed by atoms with Crippen molar-refractivity contribution in [3.05, 3.63) is 27.8 Å². The molecule has 2 heterocycles. The van der Waals surface area contributed by atoms with E-state index in [9.17, 15) is 19.7 Å². The number of nitrogens with zero attached hydrogens (tertiary/aromatic N) is 2. The molecule has 0 aliphatic carbocycles. The molecular formula is C18H22N2O7. The average molecular weight is 378 g/mol. The summed E-state index contributed by atoms with van der Waals surface area (Å²) >= 11 is 0. The molecule has 0 saturated carbocycles. The maximum Gasteiger partial charge on any atom is 0.345 e. The largest absolute Gasteiger partial charge is 0.486 e. The van der Waals surface area contributed by atoms with Crippen molar-refractivity contribution in [3.63, 3.8) is 0 Å². The number of fused-ring (bicyclic) bond motifs is 1. The van der Waals surface area contributed by atoms with E-state index in [1.807, 2.05) is 13.8 Å². The van der Waals surface area contributed by atoms with E-state index in [0.29, 0.717) is 0 Å². The Bertz CT molecular complexity index is 754. The van der Waals surface area contributed by atoms with Crippen LogP contribution in [0.15, 0.2) is 12.1 Å². The minimum absolute atomic E-state index is 0.0728. The van der Waals surface area contributed by atoms with Crippen LogP contribution in [0.25, 0.3) is 0 Å². The molecule has 9 heteroatoms. The number of piperidine rings is 1. The van der Waals surface area contributed by atoms with Gasteiger partial charge in [0.2, 0.25) is 0 Å². The molecule has 2 atom stereocenters. The molecule has 146 valence electrons. The third kappa shape index (κ3) is 3.96. The molecule has 0 N–H and O–H groups in total. The van der Waals surface area contributed by atoms with Gasteiger partial charge in [0.15, 0.2) is 18.1 Å². The normalized spacial score (nSPS) is 21.5. The first-order chi connectivity index (χ1) is 12.9. The number of amides is 1. The van der Waals surface area contributed by atoms with Crippen LogP contribution in [0.4, 0.5) is 5.69 Å². The second-order valence-electron chi connectivity index (χ2n) is 6.78. The van der Waals surface area contributed by atoms with Gasteiger partial charge in [-0.05, 0) is 33.1 Å². The molecule has 0 bridgehead atoms. The maximum absolute atomic E-state index is 12.5. The number of nitro benzene ring substituents is 1. The Morgan fingerprint density at radius 3 is 2.37 bits per heavy atom. The van der Waals surface area contributed by atoms with Gasteiger partial charge in [0.1, 0.15) is 18.8 Å². The Balaban J connectivity index is 1.74. The fourth-order valence-electron chi connectivity index (χ4n) is 3.59. The van der Waals surface area contributed by atoms with E-state index >= 15 is 0 Å². The second kappa shape index (κ2) is 7.81. The fourth-order valence-corrected chi connectivity index (χ4v) is 3.59. The number of hydrogen-bond acceptors (Lipinski definition) is 7. The zero-order chi connectivity index (χ0) is 19.6. The minimum atomic E-state index is -0.940. The van der Waals surface area contributed by atoms with E-state index in [2.05, 4.69) is 0 Å². The van der Waals surface area contributed by atoms with Crippen molar-refractivity contribution in [3.8, 4) is 11.5 Å². The smallest absolute Gasteiger partial charge is 0.345 e. The van der Waals surface area contributed by atoms with E-state index in [1.54, 1.807) is 4.90 Å². The monoisotopic (exact) mass is 378 g/mol. The highest BCUT2D eigenvalue weighted by atomic mass is 16.6. The number of ether oxygens (including phenoxy) is 3. The Hall–Kier alpha value is -2.84. The lowest BCUT2D eigenvalue weighted by Gasteiger charge is -2.38. The topological polar surface area (TPSA) is 108 Å². The van der Waals surface area contributed by atoms with Crippen molar-refractivity contribution in [2.45, 2.75) is 45.2 Å². The number of hydrogen-bond donors (Lipinski definition) is 0. The molecule has 2 aliphatic rings.